The molecule has 8 nitrogen and oxygen atoms in total. The number of amides is 4. The van der Waals surface area contributed by atoms with Crippen molar-refractivity contribution >= 4 is 17.8 Å². The molecular formula is C28H39N5O3. The van der Waals surface area contributed by atoms with E-state index in [9.17, 15) is 14.4 Å². The van der Waals surface area contributed by atoms with Crippen LogP contribution in [0.25, 0.3) is 0 Å². The molecule has 1 saturated carbocycles. The van der Waals surface area contributed by atoms with Crippen molar-refractivity contribution in [2.24, 2.45) is 0 Å². The van der Waals surface area contributed by atoms with Gasteiger partial charge in [-0.25, -0.2) is 4.79 Å². The lowest BCUT2D eigenvalue weighted by Gasteiger charge is -2.38. The lowest BCUT2D eigenvalue weighted by molar-refractivity contribution is -0.139. The second kappa shape index (κ2) is 9.54. The van der Waals surface area contributed by atoms with Gasteiger partial charge in [0.05, 0.1) is 23.9 Å². The molecule has 1 N–H and O–H groups in total. The van der Waals surface area contributed by atoms with Gasteiger partial charge in [-0.3, -0.25) is 19.4 Å². The van der Waals surface area contributed by atoms with Gasteiger partial charge < -0.3 is 15.1 Å². The van der Waals surface area contributed by atoms with Crippen LogP contribution >= 0.6 is 0 Å². The zero-order valence-electron chi connectivity index (χ0n) is 22.0. The lowest BCUT2D eigenvalue weighted by Crippen LogP contribution is -2.53. The van der Waals surface area contributed by atoms with Gasteiger partial charge in [0.25, 0.3) is 5.91 Å². The van der Waals surface area contributed by atoms with E-state index in [1.807, 2.05) is 17.0 Å². The van der Waals surface area contributed by atoms with Gasteiger partial charge in [0, 0.05) is 39.3 Å². The molecule has 4 aliphatic rings. The van der Waals surface area contributed by atoms with E-state index >= 15 is 0 Å². The third kappa shape index (κ3) is 4.63. The molecule has 1 aromatic rings. The molecule has 1 unspecified atom stereocenters. The van der Waals surface area contributed by atoms with Crippen molar-refractivity contribution in [3.63, 3.8) is 0 Å². The van der Waals surface area contributed by atoms with Crippen molar-refractivity contribution in [1.82, 2.24) is 24.9 Å². The number of hydrogen-bond donors (Lipinski definition) is 1. The smallest absolute Gasteiger partial charge is 0.322 e. The van der Waals surface area contributed by atoms with E-state index in [1.54, 1.807) is 11.9 Å². The summed E-state index contributed by atoms with van der Waals surface area (Å²) in [6.45, 7) is 10.0. The predicted molar refractivity (Wildman–Crippen MR) is 138 cm³/mol. The minimum absolute atomic E-state index is 0.0118. The van der Waals surface area contributed by atoms with Crippen LogP contribution in [0.4, 0.5) is 4.79 Å². The van der Waals surface area contributed by atoms with Gasteiger partial charge in [-0.1, -0.05) is 57.9 Å². The van der Waals surface area contributed by atoms with E-state index in [0.717, 1.165) is 18.7 Å². The van der Waals surface area contributed by atoms with Crippen molar-refractivity contribution < 1.29 is 14.4 Å². The number of hydrogen-bond acceptors (Lipinski definition) is 4. The Morgan fingerprint density at radius 1 is 1.00 bits per heavy atom. The standard InChI is InChI=1S/C28H39N5O3/c1-28(2,3)20-11-9-19(10-12-20)25-24-22(30(4)27(36)29-25)17-33(26(24)35)18-23(34)32-15-13-31(14-16-32)21-7-5-6-8-21/h9-12,21,25H,5-8,13-18H2,1-4H3,(H,29,36). The Balaban J connectivity index is 1.27. The van der Waals surface area contributed by atoms with E-state index in [4.69, 9.17) is 0 Å². The van der Waals surface area contributed by atoms with Gasteiger partial charge in [0.2, 0.25) is 5.91 Å². The molecule has 36 heavy (non-hydrogen) atoms. The number of carbonyl (C=O) groups excluding carboxylic acids is 3. The van der Waals surface area contributed by atoms with Crippen LogP contribution in [0.15, 0.2) is 35.5 Å². The molecule has 5 rings (SSSR count). The van der Waals surface area contributed by atoms with Crippen molar-refractivity contribution in [2.75, 3.05) is 46.3 Å². The maximum atomic E-state index is 13.6. The van der Waals surface area contributed by atoms with Gasteiger partial charge in [-0.2, -0.15) is 0 Å². The monoisotopic (exact) mass is 493 g/mol. The van der Waals surface area contributed by atoms with Gasteiger partial charge in [0.15, 0.2) is 0 Å². The zero-order chi connectivity index (χ0) is 25.6. The van der Waals surface area contributed by atoms with Crippen LogP contribution in [0.1, 0.15) is 63.6 Å². The van der Waals surface area contributed by atoms with Crippen LogP contribution in [0.3, 0.4) is 0 Å². The highest BCUT2D eigenvalue weighted by Gasteiger charge is 2.43. The summed E-state index contributed by atoms with van der Waals surface area (Å²) in [4.78, 5) is 47.0. The summed E-state index contributed by atoms with van der Waals surface area (Å²) < 4.78 is 0. The van der Waals surface area contributed by atoms with Crippen LogP contribution in [-0.4, -0.2) is 89.8 Å². The van der Waals surface area contributed by atoms with Gasteiger partial charge in [-0.05, 0) is 29.4 Å². The highest BCUT2D eigenvalue weighted by molar-refractivity contribution is 6.02. The molecule has 1 atom stereocenters. The minimum Gasteiger partial charge on any atom is -0.339 e. The lowest BCUT2D eigenvalue weighted by atomic mass is 9.85. The maximum absolute atomic E-state index is 13.6. The first-order valence-corrected chi connectivity index (χ1v) is 13.3. The normalized spacial score (nSPS) is 24.0. The summed E-state index contributed by atoms with van der Waals surface area (Å²) in [6.07, 6.45) is 5.17. The molecule has 0 spiro atoms. The Morgan fingerprint density at radius 2 is 1.64 bits per heavy atom. The van der Waals surface area contributed by atoms with Crippen molar-refractivity contribution in [1.29, 1.82) is 0 Å². The molecular weight excluding hydrogens is 454 g/mol. The largest absolute Gasteiger partial charge is 0.339 e. The van der Waals surface area contributed by atoms with Crippen molar-refractivity contribution in [3.8, 4) is 0 Å². The Hall–Kier alpha value is -2.87. The molecule has 0 radical (unpaired) electrons. The quantitative estimate of drug-likeness (QED) is 0.700. The molecule has 1 aliphatic carbocycles. The van der Waals surface area contributed by atoms with Crippen LogP contribution in [0.2, 0.25) is 0 Å². The van der Waals surface area contributed by atoms with E-state index in [2.05, 4.69) is 43.1 Å². The van der Waals surface area contributed by atoms with Gasteiger partial charge in [-0.15, -0.1) is 0 Å². The Labute approximate surface area is 214 Å². The summed E-state index contributed by atoms with van der Waals surface area (Å²) in [7, 11) is 1.68. The number of nitrogens with one attached hydrogen (secondary N) is 1. The van der Waals surface area contributed by atoms with E-state index in [1.165, 1.54) is 36.1 Å². The summed E-state index contributed by atoms with van der Waals surface area (Å²) in [5, 5.41) is 2.99. The van der Waals surface area contributed by atoms with E-state index in [-0.39, 0.29) is 36.3 Å². The van der Waals surface area contributed by atoms with E-state index < -0.39 is 6.04 Å². The molecule has 0 aromatic heterocycles. The van der Waals surface area contributed by atoms with Crippen molar-refractivity contribution in [2.45, 2.75) is 64.0 Å². The topological polar surface area (TPSA) is 76.2 Å². The molecule has 2 fully saturated rings. The third-order valence-corrected chi connectivity index (χ3v) is 8.38. The Morgan fingerprint density at radius 3 is 2.25 bits per heavy atom. The number of nitrogens with zero attached hydrogens (tertiary/aromatic N) is 4. The van der Waals surface area contributed by atoms with Crippen LogP contribution < -0.4 is 5.32 Å². The molecule has 3 aliphatic heterocycles. The third-order valence-electron chi connectivity index (χ3n) is 8.38. The Kier molecular flexibility index (Phi) is 6.57. The molecule has 1 saturated heterocycles. The van der Waals surface area contributed by atoms with Crippen LogP contribution in [0.5, 0.6) is 0 Å². The molecule has 4 amide bonds. The second-order valence-corrected chi connectivity index (χ2v) is 11.7. The summed E-state index contributed by atoms with van der Waals surface area (Å²) >= 11 is 0. The number of benzene rings is 1. The predicted octanol–water partition coefficient (Wildman–Crippen LogP) is 2.86. The number of rotatable bonds is 4. The first-order valence-electron chi connectivity index (χ1n) is 13.3. The van der Waals surface area contributed by atoms with Gasteiger partial charge in [0.1, 0.15) is 6.54 Å². The molecule has 3 heterocycles. The molecule has 194 valence electrons. The highest BCUT2D eigenvalue weighted by Crippen LogP contribution is 2.36. The summed E-state index contributed by atoms with van der Waals surface area (Å²) in [6, 6.07) is 8.03. The number of carbonyl (C=O) groups is 3. The molecule has 8 heteroatoms. The first kappa shape index (κ1) is 24.8. The summed E-state index contributed by atoms with van der Waals surface area (Å²) in [5.41, 5.74) is 3.34. The number of likely N-dealkylation sites (N-methyl/N-ethyl adjacent to an activating group) is 1. The van der Waals surface area contributed by atoms with Crippen molar-refractivity contribution in [3.05, 3.63) is 46.7 Å². The fraction of sp³-hybridized carbons (Fsp3) is 0.607. The highest BCUT2D eigenvalue weighted by atomic mass is 16.2. The molecule has 1 aromatic carbocycles. The van der Waals surface area contributed by atoms with Crippen LogP contribution in [0, 0.1) is 0 Å². The van der Waals surface area contributed by atoms with E-state index in [0.29, 0.717) is 30.4 Å². The minimum atomic E-state index is -0.514. The molecule has 0 bridgehead atoms. The second-order valence-electron chi connectivity index (χ2n) is 11.7. The first-order chi connectivity index (χ1) is 17.1. The number of urea groups is 1. The SMILES string of the molecule is CN1C(=O)NC(c2ccc(C(C)(C)C)cc2)C2=C1CN(CC(=O)N1CCN(C3CCCC3)CC1)C2=O. The zero-order valence-corrected chi connectivity index (χ0v) is 22.0. The fourth-order valence-corrected chi connectivity index (χ4v) is 6.05. The maximum Gasteiger partial charge on any atom is 0.322 e. The number of piperazine rings is 1. The van der Waals surface area contributed by atoms with Gasteiger partial charge >= 0.3 is 6.03 Å². The average molecular weight is 494 g/mol. The Bertz CT molecular complexity index is 1060. The fourth-order valence-electron chi connectivity index (χ4n) is 6.05. The average Bonchev–Trinajstić information content (AvgIpc) is 3.50. The summed E-state index contributed by atoms with van der Waals surface area (Å²) in [5.74, 6) is -0.179. The van der Waals surface area contributed by atoms with Crippen LogP contribution in [-0.2, 0) is 15.0 Å².